The molecule has 0 saturated heterocycles. The van der Waals surface area contributed by atoms with Crippen LogP contribution < -0.4 is 21.3 Å². The monoisotopic (exact) mass is 664 g/mol. The van der Waals surface area contributed by atoms with Gasteiger partial charge in [-0.25, -0.2) is 4.79 Å². The molecule has 0 saturated carbocycles. The maximum atomic E-state index is 11.7. The van der Waals surface area contributed by atoms with Crippen LogP contribution in [0, 0.1) is 24.7 Å². The summed E-state index contributed by atoms with van der Waals surface area (Å²) in [5.74, 6) is 0.640. The van der Waals surface area contributed by atoms with E-state index in [1.807, 2.05) is 41.5 Å². The van der Waals surface area contributed by atoms with E-state index < -0.39 is 5.97 Å². The fraction of sp³-hybridized carbons (Fsp3) is 0.639. The number of benzene rings is 1. The van der Waals surface area contributed by atoms with Crippen LogP contribution in [-0.4, -0.2) is 59.5 Å². The van der Waals surface area contributed by atoms with Crippen molar-refractivity contribution in [1.29, 1.82) is 0 Å². The molecule has 0 aliphatic heterocycles. The molecule has 1 aromatic rings. The third kappa shape index (κ3) is 30.7. The Morgan fingerprint density at radius 2 is 1.43 bits per heavy atom. The lowest BCUT2D eigenvalue weighted by Gasteiger charge is -2.16. The van der Waals surface area contributed by atoms with Crippen LogP contribution >= 0.6 is 12.2 Å². The summed E-state index contributed by atoms with van der Waals surface area (Å²) in [6.45, 7) is 27.4. The molecular formula is C36H64N4O5S. The second-order valence-electron chi connectivity index (χ2n) is 12.5. The van der Waals surface area contributed by atoms with Crippen LogP contribution in [0.2, 0.25) is 0 Å². The molecule has 0 aliphatic carbocycles. The Bertz CT molecular complexity index is 1010. The van der Waals surface area contributed by atoms with Gasteiger partial charge < -0.3 is 26.4 Å². The number of hydrogen-bond acceptors (Lipinski definition) is 5. The van der Waals surface area contributed by atoms with Crippen molar-refractivity contribution < 1.29 is 24.3 Å². The van der Waals surface area contributed by atoms with Crippen molar-refractivity contribution in [3.8, 4) is 0 Å². The summed E-state index contributed by atoms with van der Waals surface area (Å²) in [6.07, 6.45) is 5.61. The van der Waals surface area contributed by atoms with Crippen molar-refractivity contribution in [2.75, 3.05) is 13.1 Å². The Morgan fingerprint density at radius 3 is 1.80 bits per heavy atom. The summed E-state index contributed by atoms with van der Waals surface area (Å²) in [4.78, 5) is 43.7. The van der Waals surface area contributed by atoms with Crippen molar-refractivity contribution in [2.45, 2.75) is 120 Å². The molecule has 2 unspecified atom stereocenters. The van der Waals surface area contributed by atoms with Gasteiger partial charge in [0.2, 0.25) is 18.2 Å². The van der Waals surface area contributed by atoms with Gasteiger partial charge in [0, 0.05) is 25.0 Å². The van der Waals surface area contributed by atoms with Gasteiger partial charge in [0.15, 0.2) is 0 Å². The molecular weight excluding hydrogens is 600 g/mol. The van der Waals surface area contributed by atoms with Crippen LogP contribution in [0.15, 0.2) is 36.4 Å². The molecule has 0 fully saturated rings. The van der Waals surface area contributed by atoms with Crippen molar-refractivity contribution in [1.82, 2.24) is 21.3 Å². The molecule has 0 aromatic heterocycles. The maximum Gasteiger partial charge on any atom is 0.335 e. The zero-order valence-corrected chi connectivity index (χ0v) is 31.2. The minimum Gasteiger partial charge on any atom is -0.478 e. The van der Waals surface area contributed by atoms with Gasteiger partial charge in [0.1, 0.15) is 6.04 Å². The predicted octanol–water partition coefficient (Wildman–Crippen LogP) is 6.84. The fourth-order valence-corrected chi connectivity index (χ4v) is 3.48. The number of aromatic carboxylic acids is 1. The van der Waals surface area contributed by atoms with Gasteiger partial charge >= 0.3 is 5.97 Å². The Balaban J connectivity index is -0.000000563. The molecule has 0 bridgehead atoms. The van der Waals surface area contributed by atoms with E-state index in [0.29, 0.717) is 29.4 Å². The molecule has 46 heavy (non-hydrogen) atoms. The second kappa shape index (κ2) is 29.2. The number of nitrogens with one attached hydrogen (secondary N) is 4. The molecule has 0 aliphatic rings. The molecule has 10 heteroatoms. The van der Waals surface area contributed by atoms with Gasteiger partial charge in [-0.2, -0.15) is 0 Å². The Hall–Kier alpha value is -3.27. The normalized spacial score (nSPS) is 11.3. The van der Waals surface area contributed by atoms with Gasteiger partial charge in [-0.15, -0.1) is 6.58 Å². The molecule has 2 atom stereocenters. The summed E-state index contributed by atoms with van der Waals surface area (Å²) in [5, 5.41) is 19.9. The number of aryl methyl sites for hydroxylation is 1. The number of rotatable bonds is 16. The minimum absolute atomic E-state index is 0.0217. The topological polar surface area (TPSA) is 137 Å². The molecule has 0 radical (unpaired) electrons. The average Bonchev–Trinajstić information content (AvgIpc) is 2.96. The summed E-state index contributed by atoms with van der Waals surface area (Å²) in [7, 11) is 0. The van der Waals surface area contributed by atoms with Crippen LogP contribution in [0.3, 0.4) is 0 Å². The van der Waals surface area contributed by atoms with Gasteiger partial charge in [0.05, 0.1) is 10.6 Å². The molecule has 1 aromatic carbocycles. The highest BCUT2D eigenvalue weighted by molar-refractivity contribution is 7.80. The van der Waals surface area contributed by atoms with Gasteiger partial charge in [-0.1, -0.05) is 77.0 Å². The van der Waals surface area contributed by atoms with E-state index in [1.54, 1.807) is 31.2 Å². The quantitative estimate of drug-likeness (QED) is 0.0565. The largest absolute Gasteiger partial charge is 0.478 e. The molecule has 0 spiro atoms. The van der Waals surface area contributed by atoms with E-state index in [9.17, 15) is 19.2 Å². The predicted molar refractivity (Wildman–Crippen MR) is 196 cm³/mol. The summed E-state index contributed by atoms with van der Waals surface area (Å²) < 4.78 is 0. The Labute approximate surface area is 285 Å². The van der Waals surface area contributed by atoms with Crippen LogP contribution in [-0.2, 0) is 14.4 Å². The SMILES string of the molecule is C=C(C)CCCNC(=O)C(CC)NC(C)=S.CC(C)CCCNC(=O)C(C)C(C)C.CC(C)NC=O.Cc1ccc(C(=O)O)cc1. The Kier molecular flexibility index (Phi) is 29.9. The summed E-state index contributed by atoms with van der Waals surface area (Å²) >= 11 is 4.92. The molecule has 5 N–H and O–H groups in total. The highest BCUT2D eigenvalue weighted by Crippen LogP contribution is 2.09. The van der Waals surface area contributed by atoms with E-state index in [1.165, 1.54) is 6.42 Å². The number of carboxylic acids is 1. The first-order chi connectivity index (χ1) is 21.4. The molecule has 9 nitrogen and oxygen atoms in total. The zero-order valence-electron chi connectivity index (χ0n) is 30.4. The molecule has 1 rings (SSSR count). The lowest BCUT2D eigenvalue weighted by molar-refractivity contribution is -0.125. The molecule has 0 heterocycles. The lowest BCUT2D eigenvalue weighted by atomic mass is 9.97. The maximum absolute atomic E-state index is 11.7. The van der Waals surface area contributed by atoms with Gasteiger partial charge in [0.25, 0.3) is 0 Å². The van der Waals surface area contributed by atoms with Crippen molar-refractivity contribution in [3.63, 3.8) is 0 Å². The summed E-state index contributed by atoms with van der Waals surface area (Å²) in [6, 6.07) is 6.83. The number of carbonyl (C=O) groups excluding carboxylic acids is 3. The van der Waals surface area contributed by atoms with Crippen molar-refractivity contribution >= 4 is 41.4 Å². The van der Waals surface area contributed by atoms with E-state index in [4.69, 9.17) is 17.3 Å². The van der Waals surface area contributed by atoms with E-state index in [2.05, 4.69) is 55.5 Å². The number of thiocarbonyl (C=S) groups is 1. The van der Waals surface area contributed by atoms with Crippen molar-refractivity contribution in [2.24, 2.45) is 17.8 Å². The van der Waals surface area contributed by atoms with Crippen molar-refractivity contribution in [3.05, 3.63) is 47.5 Å². The smallest absolute Gasteiger partial charge is 0.335 e. The number of hydrogen-bond donors (Lipinski definition) is 5. The first-order valence-corrected chi connectivity index (χ1v) is 16.8. The number of allylic oxidation sites excluding steroid dienone is 1. The second-order valence-corrected chi connectivity index (χ2v) is 13.1. The van der Waals surface area contributed by atoms with Crippen LogP contribution in [0.1, 0.15) is 117 Å². The van der Waals surface area contributed by atoms with E-state index >= 15 is 0 Å². The standard InChI is InChI=1S/C12H22N2OS.C12H25NO.C8H8O2.C4H9NO/c1-5-11(14-10(4)16)12(15)13-8-6-7-9(2)3;1-9(2)7-6-8-13-12(14)11(5)10(3)4;1-6-2-4-7(5-3-6)8(9)10;1-4(2)5-3-6/h11H,2,5-8H2,1,3-4H3,(H,13,15)(H,14,16);9-11H,6-8H2,1-5H3,(H,13,14);2-5H,1H3,(H,9,10);3-4H,1-2H3,(H,5,6). The Morgan fingerprint density at radius 1 is 0.913 bits per heavy atom. The van der Waals surface area contributed by atoms with Gasteiger partial charge in [-0.3, -0.25) is 14.4 Å². The first kappa shape index (κ1) is 47.1. The van der Waals surface area contributed by atoms with E-state index in [-0.39, 0.29) is 29.8 Å². The third-order valence-corrected chi connectivity index (χ3v) is 6.67. The van der Waals surface area contributed by atoms with Crippen LogP contribution in [0.4, 0.5) is 0 Å². The summed E-state index contributed by atoms with van der Waals surface area (Å²) in [5.41, 5.74) is 2.56. The highest BCUT2D eigenvalue weighted by atomic mass is 32.1. The first-order valence-electron chi connectivity index (χ1n) is 16.4. The lowest BCUT2D eigenvalue weighted by Crippen LogP contribution is -2.45. The molecule has 3 amide bonds. The molecule has 264 valence electrons. The van der Waals surface area contributed by atoms with Crippen LogP contribution in [0.25, 0.3) is 0 Å². The third-order valence-electron chi connectivity index (χ3n) is 6.55. The minimum atomic E-state index is -0.875. The average molecular weight is 665 g/mol. The highest BCUT2D eigenvalue weighted by Gasteiger charge is 2.16. The van der Waals surface area contributed by atoms with E-state index in [0.717, 1.165) is 49.3 Å². The van der Waals surface area contributed by atoms with Gasteiger partial charge in [-0.05, 0) is 90.7 Å². The number of amides is 3. The number of carbonyl (C=O) groups is 4. The fourth-order valence-electron chi connectivity index (χ4n) is 3.34. The zero-order chi connectivity index (χ0) is 36.2. The van der Waals surface area contributed by atoms with Crippen LogP contribution in [0.5, 0.6) is 0 Å². The number of carboxylic acid groups (broad SMARTS) is 1.